The number of nitrogens with zero attached hydrogens (tertiary/aromatic N) is 4. The monoisotopic (exact) mass is 558 g/mol. The average Bonchev–Trinajstić information content (AvgIpc) is 3.49. The minimum absolute atomic E-state index is 0.0190. The number of ether oxygens (including phenoxy) is 2. The van der Waals surface area contributed by atoms with Gasteiger partial charge in [-0.1, -0.05) is 36.2 Å². The lowest BCUT2D eigenvalue weighted by Gasteiger charge is -2.13. The van der Waals surface area contributed by atoms with E-state index in [0.29, 0.717) is 52.2 Å². The molecule has 0 spiro atoms. The lowest BCUT2D eigenvalue weighted by Crippen LogP contribution is -2.13. The molecular formula is C27H25Cl2FN4O4. The molecule has 2 aromatic heterocycles. The van der Waals surface area contributed by atoms with E-state index in [2.05, 4.69) is 9.97 Å². The summed E-state index contributed by atoms with van der Waals surface area (Å²) in [5.41, 5.74) is 2.12. The number of carboxylic acid groups (broad SMARTS) is 1. The Labute approximate surface area is 228 Å². The molecule has 0 amide bonds. The van der Waals surface area contributed by atoms with Gasteiger partial charge in [-0.2, -0.15) is 4.98 Å². The molecular weight excluding hydrogens is 534 g/mol. The standard InChI is InChI=1S/C27H25Cl2FN4O4/c1-15(26(35)36)7-10-37-17-4-5-18(19(28)12-17)23-33-22-24(31-14-32-25(22)38-27(2)8-9-27)34(23)13-16-3-6-21(30)20(29)11-16/h3-6,11-12,14-15H,7-10,13H2,1-2H3,(H,35,36)/t15-/m1/s1. The van der Waals surface area contributed by atoms with E-state index in [1.165, 1.54) is 12.4 Å². The highest BCUT2D eigenvalue weighted by Crippen LogP contribution is 2.41. The van der Waals surface area contributed by atoms with Gasteiger partial charge >= 0.3 is 5.97 Å². The lowest BCUT2D eigenvalue weighted by molar-refractivity contribution is -0.141. The number of carbonyl (C=O) groups is 1. The van der Waals surface area contributed by atoms with Gasteiger partial charge in [0.25, 0.3) is 0 Å². The summed E-state index contributed by atoms with van der Waals surface area (Å²) in [4.78, 5) is 24.7. The van der Waals surface area contributed by atoms with Crippen LogP contribution in [0.4, 0.5) is 4.39 Å². The van der Waals surface area contributed by atoms with Crippen molar-refractivity contribution in [2.45, 2.75) is 45.3 Å². The van der Waals surface area contributed by atoms with Gasteiger partial charge in [-0.3, -0.25) is 4.79 Å². The molecule has 4 aromatic rings. The van der Waals surface area contributed by atoms with Crippen LogP contribution in [0.2, 0.25) is 10.0 Å². The zero-order valence-electron chi connectivity index (χ0n) is 20.7. The highest BCUT2D eigenvalue weighted by atomic mass is 35.5. The van der Waals surface area contributed by atoms with Crippen molar-refractivity contribution in [1.82, 2.24) is 19.5 Å². The van der Waals surface area contributed by atoms with Crippen LogP contribution in [0.3, 0.4) is 0 Å². The highest BCUT2D eigenvalue weighted by Gasteiger charge is 2.41. The Balaban J connectivity index is 1.53. The SMILES string of the molecule is C[C@H](CCOc1ccc(-c2nc3c(OC4(C)CC4)ncnc3n2Cc2ccc(F)c(Cl)c2)c(Cl)c1)C(=O)O. The van der Waals surface area contributed by atoms with Crippen molar-refractivity contribution in [3.8, 4) is 23.0 Å². The van der Waals surface area contributed by atoms with Crippen LogP contribution in [0.25, 0.3) is 22.6 Å². The molecule has 0 aliphatic heterocycles. The van der Waals surface area contributed by atoms with Gasteiger partial charge < -0.3 is 19.1 Å². The summed E-state index contributed by atoms with van der Waals surface area (Å²) in [7, 11) is 0. The van der Waals surface area contributed by atoms with E-state index >= 15 is 0 Å². The summed E-state index contributed by atoms with van der Waals surface area (Å²) in [5, 5.41) is 9.46. The van der Waals surface area contributed by atoms with Gasteiger partial charge in [-0.25, -0.2) is 14.4 Å². The predicted octanol–water partition coefficient (Wildman–Crippen LogP) is 6.41. The van der Waals surface area contributed by atoms with Gasteiger partial charge in [-0.05, 0) is 62.1 Å². The van der Waals surface area contributed by atoms with Crippen LogP contribution in [-0.4, -0.2) is 42.8 Å². The largest absolute Gasteiger partial charge is 0.494 e. The summed E-state index contributed by atoms with van der Waals surface area (Å²) in [6.45, 7) is 4.18. The van der Waals surface area contributed by atoms with Crippen LogP contribution >= 0.6 is 23.2 Å². The number of fused-ring (bicyclic) bond motifs is 1. The zero-order chi connectivity index (χ0) is 27.0. The fourth-order valence-corrected chi connectivity index (χ4v) is 4.38. The number of carboxylic acids is 1. The van der Waals surface area contributed by atoms with Crippen LogP contribution in [0.15, 0.2) is 42.7 Å². The first-order valence-corrected chi connectivity index (χ1v) is 12.9. The third-order valence-corrected chi connectivity index (χ3v) is 7.15. The third kappa shape index (κ3) is 5.54. The zero-order valence-corrected chi connectivity index (χ0v) is 22.3. The average molecular weight is 559 g/mol. The number of aromatic nitrogens is 4. The summed E-state index contributed by atoms with van der Waals surface area (Å²) in [5.74, 6) is -0.475. The number of rotatable bonds is 10. The molecule has 0 saturated heterocycles. The van der Waals surface area contributed by atoms with Gasteiger partial charge in [0.05, 0.1) is 29.1 Å². The minimum Gasteiger partial charge on any atom is -0.494 e. The molecule has 1 aliphatic rings. The Morgan fingerprint density at radius 3 is 2.66 bits per heavy atom. The number of aliphatic carboxylic acids is 1. The number of hydrogen-bond acceptors (Lipinski definition) is 6. The van der Waals surface area contributed by atoms with E-state index in [0.717, 1.165) is 18.4 Å². The Morgan fingerprint density at radius 1 is 1.18 bits per heavy atom. The summed E-state index contributed by atoms with van der Waals surface area (Å²) >= 11 is 12.7. The van der Waals surface area contributed by atoms with E-state index in [1.54, 1.807) is 37.3 Å². The van der Waals surface area contributed by atoms with Gasteiger partial charge in [0.1, 0.15) is 29.3 Å². The van der Waals surface area contributed by atoms with Gasteiger partial charge in [-0.15, -0.1) is 0 Å². The summed E-state index contributed by atoms with van der Waals surface area (Å²) in [6.07, 6.45) is 3.65. The topological polar surface area (TPSA) is 99.4 Å². The molecule has 1 fully saturated rings. The number of imidazole rings is 1. The van der Waals surface area contributed by atoms with Crippen LogP contribution in [-0.2, 0) is 11.3 Å². The van der Waals surface area contributed by atoms with E-state index in [1.807, 2.05) is 11.5 Å². The fraction of sp³-hybridized carbons (Fsp3) is 0.333. The van der Waals surface area contributed by atoms with E-state index < -0.39 is 17.7 Å². The van der Waals surface area contributed by atoms with Crippen LogP contribution in [0.1, 0.15) is 38.7 Å². The Kier molecular flexibility index (Phi) is 7.15. The smallest absolute Gasteiger partial charge is 0.306 e. The quantitative estimate of drug-likeness (QED) is 0.240. The summed E-state index contributed by atoms with van der Waals surface area (Å²) < 4.78 is 27.5. The van der Waals surface area contributed by atoms with Crippen LogP contribution in [0, 0.1) is 11.7 Å². The first kappa shape index (κ1) is 26.2. The maximum Gasteiger partial charge on any atom is 0.306 e. The maximum absolute atomic E-state index is 13.8. The van der Waals surface area contributed by atoms with E-state index in [9.17, 15) is 9.18 Å². The van der Waals surface area contributed by atoms with Crippen molar-refractivity contribution >= 4 is 40.3 Å². The minimum atomic E-state index is -0.870. The molecule has 1 atom stereocenters. The van der Waals surface area contributed by atoms with Gasteiger partial charge in [0.2, 0.25) is 5.88 Å². The Morgan fingerprint density at radius 2 is 1.97 bits per heavy atom. The molecule has 1 aliphatic carbocycles. The number of halogens is 3. The van der Waals surface area contributed by atoms with Crippen molar-refractivity contribution in [2.75, 3.05) is 6.61 Å². The molecule has 5 rings (SSSR count). The first-order chi connectivity index (χ1) is 18.1. The van der Waals surface area contributed by atoms with Gasteiger partial charge in [0.15, 0.2) is 11.2 Å². The summed E-state index contributed by atoms with van der Waals surface area (Å²) in [6, 6.07) is 9.72. The highest BCUT2D eigenvalue weighted by molar-refractivity contribution is 6.33. The lowest BCUT2D eigenvalue weighted by atomic mass is 10.1. The molecule has 8 nitrogen and oxygen atoms in total. The third-order valence-electron chi connectivity index (χ3n) is 6.54. The van der Waals surface area contributed by atoms with Crippen molar-refractivity contribution in [1.29, 1.82) is 0 Å². The Hall–Kier alpha value is -3.43. The van der Waals surface area contributed by atoms with E-state index in [-0.39, 0.29) is 17.2 Å². The molecule has 0 bridgehead atoms. The fourth-order valence-electron chi connectivity index (χ4n) is 3.92. The molecule has 2 heterocycles. The molecule has 0 unspecified atom stereocenters. The van der Waals surface area contributed by atoms with Crippen molar-refractivity contribution in [3.05, 3.63) is 64.2 Å². The van der Waals surface area contributed by atoms with Crippen molar-refractivity contribution in [2.24, 2.45) is 5.92 Å². The van der Waals surface area contributed by atoms with Crippen molar-refractivity contribution < 1.29 is 23.8 Å². The predicted molar refractivity (Wildman–Crippen MR) is 141 cm³/mol. The maximum atomic E-state index is 13.8. The Bertz CT molecular complexity index is 1520. The molecule has 11 heteroatoms. The van der Waals surface area contributed by atoms with Crippen LogP contribution in [0.5, 0.6) is 11.6 Å². The van der Waals surface area contributed by atoms with E-state index in [4.69, 9.17) is 42.8 Å². The number of hydrogen-bond donors (Lipinski definition) is 1. The van der Waals surface area contributed by atoms with Crippen molar-refractivity contribution in [3.63, 3.8) is 0 Å². The number of benzene rings is 2. The second kappa shape index (κ2) is 10.4. The molecule has 1 N–H and O–H groups in total. The normalized spacial score (nSPS) is 14.9. The van der Waals surface area contributed by atoms with Crippen LogP contribution < -0.4 is 9.47 Å². The molecule has 38 heavy (non-hydrogen) atoms. The molecule has 1 saturated carbocycles. The molecule has 0 radical (unpaired) electrons. The first-order valence-electron chi connectivity index (χ1n) is 12.1. The molecule has 198 valence electrons. The second-order valence-electron chi connectivity index (χ2n) is 9.69. The second-order valence-corrected chi connectivity index (χ2v) is 10.5. The van der Waals surface area contributed by atoms with Gasteiger partial charge in [0, 0.05) is 5.56 Å². The molecule has 2 aromatic carbocycles.